The Morgan fingerprint density at radius 2 is 1.77 bits per heavy atom. The molecule has 1 aromatic heterocycles. The minimum atomic E-state index is -4.00. The quantitative estimate of drug-likeness (QED) is 0.480. The van der Waals surface area contributed by atoms with E-state index in [1.807, 2.05) is 4.90 Å². The number of likely N-dealkylation sites (tertiary alicyclic amines) is 1. The fourth-order valence-corrected chi connectivity index (χ4v) is 4.53. The standard InChI is InChI=1S/C25H23ClF2N2O5/c26-17-4-6-19-16(11-17)13-22(35-19)25(27,28)24(32)29-18(14-30-7-1-2-8-30)23(31)15-3-5-20-21(12-15)34-10-9-33-20/h3-6,11-13,18H,1-2,7-10,14H2,(H,29,32)/t18-/m1/s1. The molecule has 35 heavy (non-hydrogen) atoms. The number of hydrogen-bond donors (Lipinski definition) is 1. The Bertz CT molecular complexity index is 1270. The SMILES string of the molecule is O=C(c1ccc2c(c1)OCCO2)[C@@H](CN1CCCC1)NC(=O)C(F)(F)c1cc2cc(Cl)ccc2o1. The zero-order valence-electron chi connectivity index (χ0n) is 18.7. The maximum Gasteiger partial charge on any atom is 0.380 e. The highest BCUT2D eigenvalue weighted by Gasteiger charge is 2.46. The molecule has 10 heteroatoms. The Hall–Kier alpha value is -3.17. The van der Waals surface area contributed by atoms with E-state index in [1.54, 1.807) is 12.1 Å². The number of alkyl halides is 2. The lowest BCUT2D eigenvalue weighted by Crippen LogP contribution is -2.51. The van der Waals surface area contributed by atoms with Gasteiger partial charge in [0.2, 0.25) is 0 Å². The fourth-order valence-electron chi connectivity index (χ4n) is 4.35. The van der Waals surface area contributed by atoms with Crippen LogP contribution in [0.2, 0.25) is 5.02 Å². The number of nitrogens with zero attached hydrogens (tertiary/aromatic N) is 1. The number of fused-ring (bicyclic) bond motifs is 2. The highest BCUT2D eigenvalue weighted by molar-refractivity contribution is 6.31. The van der Waals surface area contributed by atoms with Gasteiger partial charge in [-0.25, -0.2) is 0 Å². The van der Waals surface area contributed by atoms with Gasteiger partial charge in [-0.1, -0.05) is 11.6 Å². The monoisotopic (exact) mass is 504 g/mol. The molecule has 0 saturated carbocycles. The molecule has 5 rings (SSSR count). The first-order valence-corrected chi connectivity index (χ1v) is 11.7. The number of halogens is 3. The summed E-state index contributed by atoms with van der Waals surface area (Å²) in [5, 5.41) is 2.98. The van der Waals surface area contributed by atoms with Crippen molar-refractivity contribution < 1.29 is 32.3 Å². The number of amides is 1. The van der Waals surface area contributed by atoms with Gasteiger partial charge in [0.05, 0.1) is 0 Å². The molecule has 2 aliphatic rings. The molecule has 0 radical (unpaired) electrons. The van der Waals surface area contributed by atoms with E-state index in [9.17, 15) is 9.59 Å². The molecule has 1 saturated heterocycles. The third kappa shape index (κ3) is 4.83. The Balaban J connectivity index is 1.40. The minimum absolute atomic E-state index is 0.116. The number of Topliss-reactive ketones (excluding diaryl/α,β-unsaturated/α-hetero) is 1. The average Bonchev–Trinajstić information content (AvgIpc) is 3.52. The highest BCUT2D eigenvalue weighted by atomic mass is 35.5. The summed E-state index contributed by atoms with van der Waals surface area (Å²) in [6, 6.07) is 8.99. The normalized spacial score (nSPS) is 16.9. The average molecular weight is 505 g/mol. The number of ketones is 1. The van der Waals surface area contributed by atoms with Crippen LogP contribution in [0.1, 0.15) is 29.0 Å². The lowest BCUT2D eigenvalue weighted by atomic mass is 10.0. The third-order valence-electron chi connectivity index (χ3n) is 6.16. The molecule has 1 atom stereocenters. The molecule has 1 fully saturated rings. The Labute approximate surface area is 204 Å². The van der Waals surface area contributed by atoms with Gasteiger partial charge in [-0.3, -0.25) is 9.59 Å². The molecule has 7 nitrogen and oxygen atoms in total. The minimum Gasteiger partial charge on any atom is -0.486 e. The van der Waals surface area contributed by atoms with Crippen molar-refractivity contribution in [3.8, 4) is 11.5 Å². The molecule has 3 aromatic rings. The zero-order valence-corrected chi connectivity index (χ0v) is 19.4. The van der Waals surface area contributed by atoms with E-state index >= 15 is 8.78 Å². The van der Waals surface area contributed by atoms with Crippen LogP contribution in [0.15, 0.2) is 46.9 Å². The Morgan fingerprint density at radius 3 is 2.54 bits per heavy atom. The second kappa shape index (κ2) is 9.47. The summed E-state index contributed by atoms with van der Waals surface area (Å²) >= 11 is 5.92. The van der Waals surface area contributed by atoms with Gasteiger partial charge in [-0.05, 0) is 68.4 Å². The van der Waals surface area contributed by atoms with E-state index in [0.29, 0.717) is 35.1 Å². The van der Waals surface area contributed by atoms with E-state index < -0.39 is 29.4 Å². The van der Waals surface area contributed by atoms with Crippen LogP contribution in [0.5, 0.6) is 11.5 Å². The number of carbonyl (C=O) groups excluding carboxylic acids is 2. The lowest BCUT2D eigenvalue weighted by Gasteiger charge is -2.26. The second-order valence-electron chi connectivity index (χ2n) is 8.62. The van der Waals surface area contributed by atoms with Crippen molar-refractivity contribution in [1.29, 1.82) is 0 Å². The van der Waals surface area contributed by atoms with Gasteiger partial charge in [-0.2, -0.15) is 8.78 Å². The summed E-state index contributed by atoms with van der Waals surface area (Å²) in [5.41, 5.74) is 0.415. The molecular formula is C25H23ClF2N2O5. The highest BCUT2D eigenvalue weighted by Crippen LogP contribution is 2.35. The van der Waals surface area contributed by atoms with Crippen LogP contribution in [0.4, 0.5) is 8.78 Å². The van der Waals surface area contributed by atoms with Crippen LogP contribution in [0, 0.1) is 0 Å². The largest absolute Gasteiger partial charge is 0.486 e. The molecule has 184 valence electrons. The zero-order chi connectivity index (χ0) is 24.6. The van der Waals surface area contributed by atoms with Crippen LogP contribution in [0.3, 0.4) is 0 Å². The molecule has 2 aliphatic heterocycles. The lowest BCUT2D eigenvalue weighted by molar-refractivity contribution is -0.150. The van der Waals surface area contributed by atoms with Crippen molar-refractivity contribution in [1.82, 2.24) is 10.2 Å². The summed E-state index contributed by atoms with van der Waals surface area (Å²) in [5.74, 6) is -6.02. The molecule has 1 amide bonds. The van der Waals surface area contributed by atoms with Crippen LogP contribution in [-0.4, -0.2) is 55.5 Å². The molecular weight excluding hydrogens is 482 g/mol. The number of nitrogens with one attached hydrogen (secondary N) is 1. The topological polar surface area (TPSA) is 81.0 Å². The van der Waals surface area contributed by atoms with Gasteiger partial charge in [0.25, 0.3) is 5.91 Å². The number of benzene rings is 2. The van der Waals surface area contributed by atoms with Gasteiger partial charge in [0.1, 0.15) is 24.8 Å². The smallest absolute Gasteiger partial charge is 0.380 e. The van der Waals surface area contributed by atoms with Gasteiger partial charge in [0.15, 0.2) is 23.0 Å². The molecule has 2 aromatic carbocycles. The summed E-state index contributed by atoms with van der Waals surface area (Å²) in [7, 11) is 0. The van der Waals surface area contributed by atoms with Crippen LogP contribution in [0.25, 0.3) is 11.0 Å². The number of ether oxygens (including phenoxy) is 2. The number of rotatable bonds is 7. The predicted molar refractivity (Wildman–Crippen MR) is 124 cm³/mol. The van der Waals surface area contributed by atoms with E-state index in [1.165, 1.54) is 24.3 Å². The van der Waals surface area contributed by atoms with Crippen molar-refractivity contribution in [3.63, 3.8) is 0 Å². The molecule has 0 spiro atoms. The first-order valence-electron chi connectivity index (χ1n) is 11.4. The van der Waals surface area contributed by atoms with Crippen molar-refractivity contribution in [2.24, 2.45) is 0 Å². The summed E-state index contributed by atoms with van der Waals surface area (Å²) in [6.45, 7) is 2.30. The first-order chi connectivity index (χ1) is 16.8. The maximum atomic E-state index is 15.2. The molecule has 3 heterocycles. The van der Waals surface area contributed by atoms with Crippen molar-refractivity contribution in [3.05, 3.63) is 58.8 Å². The Morgan fingerprint density at radius 1 is 1.03 bits per heavy atom. The Kier molecular flexibility index (Phi) is 6.37. The van der Waals surface area contributed by atoms with Crippen LogP contribution in [-0.2, 0) is 10.7 Å². The molecule has 0 unspecified atom stereocenters. The van der Waals surface area contributed by atoms with E-state index in [0.717, 1.165) is 32.0 Å². The summed E-state index contributed by atoms with van der Waals surface area (Å²) in [4.78, 5) is 28.1. The van der Waals surface area contributed by atoms with Gasteiger partial charge >= 0.3 is 5.92 Å². The van der Waals surface area contributed by atoms with Crippen molar-refractivity contribution in [2.75, 3.05) is 32.8 Å². The predicted octanol–water partition coefficient (Wildman–Crippen LogP) is 4.41. The van der Waals surface area contributed by atoms with Gasteiger partial charge in [-0.15, -0.1) is 0 Å². The number of hydrogen-bond acceptors (Lipinski definition) is 6. The number of furan rings is 1. The van der Waals surface area contributed by atoms with Crippen LogP contribution >= 0.6 is 11.6 Å². The van der Waals surface area contributed by atoms with Crippen molar-refractivity contribution in [2.45, 2.75) is 24.8 Å². The fraction of sp³-hybridized carbons (Fsp3) is 0.360. The second-order valence-corrected chi connectivity index (χ2v) is 9.06. The van der Waals surface area contributed by atoms with E-state index in [-0.39, 0.29) is 17.7 Å². The van der Waals surface area contributed by atoms with E-state index in [2.05, 4.69) is 5.32 Å². The first kappa shape index (κ1) is 23.6. The maximum absolute atomic E-state index is 15.2. The van der Waals surface area contributed by atoms with Crippen LogP contribution < -0.4 is 14.8 Å². The third-order valence-corrected chi connectivity index (χ3v) is 6.40. The van der Waals surface area contributed by atoms with E-state index in [4.69, 9.17) is 25.5 Å². The van der Waals surface area contributed by atoms with Crippen molar-refractivity contribution >= 4 is 34.3 Å². The number of carbonyl (C=O) groups is 2. The molecule has 0 aliphatic carbocycles. The summed E-state index contributed by atoms with van der Waals surface area (Å²) < 4.78 is 46.6. The summed E-state index contributed by atoms with van der Waals surface area (Å²) in [6.07, 6.45) is 1.88. The van der Waals surface area contributed by atoms with Gasteiger partial charge < -0.3 is 24.1 Å². The van der Waals surface area contributed by atoms with Gasteiger partial charge in [0, 0.05) is 22.5 Å². The molecule has 1 N–H and O–H groups in total. The molecule has 0 bridgehead atoms.